The summed E-state index contributed by atoms with van der Waals surface area (Å²) in [7, 11) is 1.61. The second-order valence-electron chi connectivity index (χ2n) is 9.23. The van der Waals surface area contributed by atoms with Crippen molar-refractivity contribution in [2.24, 2.45) is 0 Å². The summed E-state index contributed by atoms with van der Waals surface area (Å²) in [6.07, 6.45) is 2.65. The first-order chi connectivity index (χ1) is 17.0. The Morgan fingerprint density at radius 1 is 1.26 bits per heavy atom. The SMILES string of the molecule is COc1ccccc1OC[C@H]1c2ccsc2CCN1C(=O)CN(C[C@H]1CCCO1)C(=O)NC(C)C. The number of carbonyl (C=O) groups excluding carboxylic acids is 2. The molecule has 0 bridgehead atoms. The van der Waals surface area contributed by atoms with E-state index in [-0.39, 0.29) is 36.7 Å². The summed E-state index contributed by atoms with van der Waals surface area (Å²) in [6.45, 7) is 5.84. The molecule has 1 aromatic heterocycles. The molecule has 3 amide bonds. The summed E-state index contributed by atoms with van der Waals surface area (Å²) in [5, 5.41) is 4.99. The highest BCUT2D eigenvalue weighted by Crippen LogP contribution is 2.35. The Kier molecular flexibility index (Phi) is 8.51. The number of benzene rings is 1. The number of ether oxygens (including phenoxy) is 3. The summed E-state index contributed by atoms with van der Waals surface area (Å²) in [5.74, 6) is 1.20. The lowest BCUT2D eigenvalue weighted by Crippen LogP contribution is -2.52. The predicted molar refractivity (Wildman–Crippen MR) is 135 cm³/mol. The van der Waals surface area contributed by atoms with Crippen molar-refractivity contribution in [3.05, 3.63) is 46.2 Å². The van der Waals surface area contributed by atoms with Crippen molar-refractivity contribution in [1.82, 2.24) is 15.1 Å². The lowest BCUT2D eigenvalue weighted by atomic mass is 10.0. The third kappa shape index (κ3) is 6.27. The number of hydrogen-bond acceptors (Lipinski definition) is 6. The molecule has 0 unspecified atom stereocenters. The van der Waals surface area contributed by atoms with Crippen molar-refractivity contribution in [2.75, 3.05) is 40.0 Å². The van der Waals surface area contributed by atoms with Gasteiger partial charge in [0.05, 0.1) is 19.3 Å². The molecule has 0 saturated carbocycles. The zero-order valence-corrected chi connectivity index (χ0v) is 21.5. The van der Waals surface area contributed by atoms with Gasteiger partial charge in [0.15, 0.2) is 11.5 Å². The zero-order valence-electron chi connectivity index (χ0n) is 20.7. The van der Waals surface area contributed by atoms with Gasteiger partial charge in [0, 0.05) is 30.6 Å². The fraction of sp³-hybridized carbons (Fsp3) is 0.538. The molecule has 3 heterocycles. The molecule has 2 atom stereocenters. The Morgan fingerprint density at radius 2 is 2.06 bits per heavy atom. The number of nitrogens with one attached hydrogen (secondary N) is 1. The van der Waals surface area contributed by atoms with Crippen molar-refractivity contribution in [3.8, 4) is 11.5 Å². The van der Waals surface area contributed by atoms with Crippen LogP contribution in [0.5, 0.6) is 11.5 Å². The molecule has 1 aromatic carbocycles. The van der Waals surface area contributed by atoms with Gasteiger partial charge in [-0.1, -0.05) is 12.1 Å². The zero-order chi connectivity index (χ0) is 24.8. The number of hydrogen-bond donors (Lipinski definition) is 1. The molecule has 4 rings (SSSR count). The van der Waals surface area contributed by atoms with Crippen molar-refractivity contribution in [2.45, 2.75) is 51.3 Å². The quantitative estimate of drug-likeness (QED) is 0.564. The molecule has 2 aromatic rings. The van der Waals surface area contributed by atoms with Gasteiger partial charge < -0.3 is 29.3 Å². The number of methoxy groups -OCH3 is 1. The molecule has 8 nitrogen and oxygen atoms in total. The Labute approximate surface area is 211 Å². The molecule has 2 aliphatic heterocycles. The van der Waals surface area contributed by atoms with Crippen LogP contribution in [0.3, 0.4) is 0 Å². The molecule has 0 spiro atoms. The first-order valence-corrected chi connectivity index (χ1v) is 13.1. The van der Waals surface area contributed by atoms with Gasteiger partial charge in [-0.15, -0.1) is 11.3 Å². The second kappa shape index (κ2) is 11.8. The number of carbonyl (C=O) groups is 2. The van der Waals surface area contributed by atoms with Gasteiger partial charge in [-0.2, -0.15) is 0 Å². The number of urea groups is 1. The molecule has 1 fully saturated rings. The average Bonchev–Trinajstić information content (AvgIpc) is 3.53. The highest BCUT2D eigenvalue weighted by Gasteiger charge is 2.34. The van der Waals surface area contributed by atoms with E-state index in [4.69, 9.17) is 14.2 Å². The van der Waals surface area contributed by atoms with Crippen LogP contribution in [-0.4, -0.2) is 73.8 Å². The minimum atomic E-state index is -0.237. The molecule has 0 aliphatic carbocycles. The van der Waals surface area contributed by atoms with Crippen LogP contribution in [0, 0.1) is 0 Å². The number of fused-ring (bicyclic) bond motifs is 1. The molecule has 190 valence electrons. The second-order valence-corrected chi connectivity index (χ2v) is 10.2. The van der Waals surface area contributed by atoms with E-state index in [0.717, 1.165) is 24.8 Å². The average molecular weight is 502 g/mol. The van der Waals surface area contributed by atoms with E-state index < -0.39 is 0 Å². The molecule has 1 saturated heterocycles. The van der Waals surface area contributed by atoms with Crippen molar-refractivity contribution >= 4 is 23.3 Å². The maximum Gasteiger partial charge on any atom is 0.318 e. The Bertz CT molecular complexity index is 1000. The molecule has 2 aliphatic rings. The van der Waals surface area contributed by atoms with E-state index in [2.05, 4.69) is 16.8 Å². The molecule has 9 heteroatoms. The van der Waals surface area contributed by atoms with E-state index in [0.29, 0.717) is 37.8 Å². The Morgan fingerprint density at radius 3 is 2.77 bits per heavy atom. The van der Waals surface area contributed by atoms with Crippen LogP contribution in [0.4, 0.5) is 4.79 Å². The van der Waals surface area contributed by atoms with Crippen LogP contribution in [0.15, 0.2) is 35.7 Å². The summed E-state index contributed by atoms with van der Waals surface area (Å²) in [4.78, 5) is 31.3. The van der Waals surface area contributed by atoms with Gasteiger partial charge >= 0.3 is 6.03 Å². The highest BCUT2D eigenvalue weighted by atomic mass is 32.1. The van der Waals surface area contributed by atoms with Gasteiger partial charge in [0.1, 0.15) is 13.2 Å². The van der Waals surface area contributed by atoms with Gasteiger partial charge in [0.2, 0.25) is 5.91 Å². The molecule has 35 heavy (non-hydrogen) atoms. The topological polar surface area (TPSA) is 80.3 Å². The van der Waals surface area contributed by atoms with Crippen LogP contribution in [-0.2, 0) is 16.0 Å². The van der Waals surface area contributed by atoms with Crippen LogP contribution < -0.4 is 14.8 Å². The number of rotatable bonds is 9. The highest BCUT2D eigenvalue weighted by molar-refractivity contribution is 7.10. The van der Waals surface area contributed by atoms with Crippen LogP contribution in [0.2, 0.25) is 0 Å². The predicted octanol–water partition coefficient (Wildman–Crippen LogP) is 3.86. The standard InChI is InChI=1S/C26H35N3O5S/c1-18(2)27-26(31)28(15-19-7-6-13-33-19)16-25(30)29-12-10-24-20(11-14-35-24)21(29)17-34-23-9-5-4-8-22(23)32-3/h4-5,8-9,11,14,18-19,21H,6-7,10,12-13,15-17H2,1-3H3,(H,27,31)/t19-,21+/m1/s1. The monoisotopic (exact) mass is 501 g/mol. The maximum absolute atomic E-state index is 13.6. The largest absolute Gasteiger partial charge is 0.493 e. The number of para-hydroxylation sites is 2. The summed E-state index contributed by atoms with van der Waals surface area (Å²) < 4.78 is 17.3. The van der Waals surface area contributed by atoms with Gasteiger partial charge in [-0.25, -0.2) is 4.79 Å². The lowest BCUT2D eigenvalue weighted by Gasteiger charge is -2.37. The van der Waals surface area contributed by atoms with Crippen LogP contribution >= 0.6 is 11.3 Å². The fourth-order valence-corrected chi connectivity index (χ4v) is 5.56. The minimum absolute atomic E-state index is 0.00302. The fourth-order valence-electron chi connectivity index (χ4n) is 4.63. The smallest absolute Gasteiger partial charge is 0.318 e. The summed E-state index contributed by atoms with van der Waals surface area (Å²) >= 11 is 1.71. The van der Waals surface area contributed by atoms with Gasteiger partial charge in [0.25, 0.3) is 0 Å². The van der Waals surface area contributed by atoms with E-state index >= 15 is 0 Å². The number of thiophene rings is 1. The summed E-state index contributed by atoms with van der Waals surface area (Å²) in [6, 6.07) is 9.09. The van der Waals surface area contributed by atoms with E-state index in [9.17, 15) is 9.59 Å². The first kappa shape index (κ1) is 25.3. The number of nitrogens with zero attached hydrogens (tertiary/aromatic N) is 2. The first-order valence-electron chi connectivity index (χ1n) is 12.2. The van der Waals surface area contributed by atoms with Crippen molar-refractivity contribution < 1.29 is 23.8 Å². The van der Waals surface area contributed by atoms with E-state index in [1.54, 1.807) is 23.3 Å². The van der Waals surface area contributed by atoms with E-state index in [1.165, 1.54) is 4.88 Å². The number of amides is 3. The molecular weight excluding hydrogens is 466 g/mol. The third-order valence-corrected chi connectivity index (χ3v) is 7.35. The Balaban J connectivity index is 1.50. The maximum atomic E-state index is 13.6. The Hall–Kier alpha value is -2.78. The third-order valence-electron chi connectivity index (χ3n) is 6.35. The van der Waals surface area contributed by atoms with E-state index in [1.807, 2.05) is 43.0 Å². The van der Waals surface area contributed by atoms with Gasteiger partial charge in [-0.3, -0.25) is 4.79 Å². The van der Waals surface area contributed by atoms with Gasteiger partial charge in [-0.05, 0) is 62.3 Å². The summed E-state index contributed by atoms with van der Waals surface area (Å²) in [5.41, 5.74) is 1.11. The normalized spacial score (nSPS) is 19.4. The minimum Gasteiger partial charge on any atom is -0.493 e. The molecule has 1 N–H and O–H groups in total. The van der Waals surface area contributed by atoms with Crippen molar-refractivity contribution in [1.29, 1.82) is 0 Å². The van der Waals surface area contributed by atoms with Crippen molar-refractivity contribution in [3.63, 3.8) is 0 Å². The molecular formula is C26H35N3O5S. The lowest BCUT2D eigenvalue weighted by molar-refractivity contribution is -0.135. The van der Waals surface area contributed by atoms with Crippen LogP contribution in [0.25, 0.3) is 0 Å². The molecule has 0 radical (unpaired) electrons. The van der Waals surface area contributed by atoms with Crippen LogP contribution in [0.1, 0.15) is 43.2 Å².